The third-order valence-corrected chi connectivity index (χ3v) is 2.39. The molecule has 0 heterocycles. The van der Waals surface area contributed by atoms with Crippen molar-refractivity contribution in [1.82, 2.24) is 0 Å². The van der Waals surface area contributed by atoms with Crippen LogP contribution in [-0.2, 0) is 0 Å². The van der Waals surface area contributed by atoms with Crippen LogP contribution in [0.25, 0.3) is 0 Å². The van der Waals surface area contributed by atoms with E-state index in [0.29, 0.717) is 4.99 Å². The number of nitrogens with two attached hydrogens (primary N) is 1. The van der Waals surface area contributed by atoms with E-state index in [4.69, 9.17) is 22.7 Å². The van der Waals surface area contributed by atoms with Gasteiger partial charge in [0.2, 0.25) is 0 Å². The van der Waals surface area contributed by atoms with Gasteiger partial charge >= 0.3 is 0 Å². The molecule has 1 rings (SSSR count). The number of thiocarbonyl (C=S) groups is 1. The Morgan fingerprint density at radius 3 is 2.46 bits per heavy atom. The maximum atomic E-state index is 5.44. The molecule has 70 valence electrons. The highest BCUT2D eigenvalue weighted by Crippen LogP contribution is 2.17. The van der Waals surface area contributed by atoms with Gasteiger partial charge in [0.05, 0.1) is 0 Å². The van der Waals surface area contributed by atoms with E-state index >= 15 is 0 Å². The van der Waals surface area contributed by atoms with Crippen molar-refractivity contribution < 1.29 is 4.74 Å². The van der Waals surface area contributed by atoms with E-state index in [-0.39, 0.29) is 6.10 Å². The molecular weight excluding hydrogens is 250 g/mol. The zero-order chi connectivity index (χ0) is 9.84. The van der Waals surface area contributed by atoms with Crippen LogP contribution < -0.4 is 10.5 Å². The van der Waals surface area contributed by atoms with Gasteiger partial charge < -0.3 is 10.5 Å². The highest BCUT2D eigenvalue weighted by Gasteiger charge is 2.05. The molecule has 0 saturated carbocycles. The Labute approximate surface area is 91.2 Å². The molecular formula is C9H10BrNOS. The Hall–Kier alpha value is -0.610. The van der Waals surface area contributed by atoms with Gasteiger partial charge in [-0.05, 0) is 31.2 Å². The van der Waals surface area contributed by atoms with E-state index in [9.17, 15) is 0 Å². The second-order valence-electron chi connectivity index (χ2n) is 2.62. The fourth-order valence-corrected chi connectivity index (χ4v) is 1.09. The molecule has 0 spiro atoms. The minimum atomic E-state index is -0.226. The van der Waals surface area contributed by atoms with Crippen molar-refractivity contribution in [2.24, 2.45) is 5.73 Å². The molecule has 0 saturated heterocycles. The van der Waals surface area contributed by atoms with Gasteiger partial charge in [-0.2, -0.15) is 0 Å². The number of hydrogen-bond acceptors (Lipinski definition) is 2. The van der Waals surface area contributed by atoms with E-state index in [1.54, 1.807) is 0 Å². The Kier molecular flexibility index (Phi) is 3.69. The van der Waals surface area contributed by atoms with Crippen molar-refractivity contribution in [2.45, 2.75) is 13.0 Å². The Morgan fingerprint density at radius 2 is 2.00 bits per heavy atom. The molecule has 2 N–H and O–H groups in total. The lowest BCUT2D eigenvalue weighted by Crippen LogP contribution is -2.28. The number of hydrogen-bond donors (Lipinski definition) is 1. The highest BCUT2D eigenvalue weighted by molar-refractivity contribution is 9.10. The average molecular weight is 260 g/mol. The van der Waals surface area contributed by atoms with Crippen LogP contribution >= 0.6 is 28.1 Å². The molecule has 0 amide bonds. The van der Waals surface area contributed by atoms with Gasteiger partial charge in [0.1, 0.15) is 16.8 Å². The quantitative estimate of drug-likeness (QED) is 0.848. The zero-order valence-electron chi connectivity index (χ0n) is 7.16. The molecule has 0 aromatic heterocycles. The Bertz CT molecular complexity index is 299. The van der Waals surface area contributed by atoms with Crippen molar-refractivity contribution in [3.05, 3.63) is 28.7 Å². The molecule has 0 aliphatic carbocycles. The van der Waals surface area contributed by atoms with Gasteiger partial charge in [0.25, 0.3) is 0 Å². The normalized spacial score (nSPS) is 12.2. The van der Waals surface area contributed by atoms with Crippen molar-refractivity contribution in [3.8, 4) is 5.75 Å². The number of ether oxygens (including phenoxy) is 1. The summed E-state index contributed by atoms with van der Waals surface area (Å²) in [5, 5.41) is 0. The third kappa shape index (κ3) is 3.32. The third-order valence-electron chi connectivity index (χ3n) is 1.53. The SMILES string of the molecule is CC(Oc1ccc(Br)cc1)C(N)=S. The van der Waals surface area contributed by atoms with Gasteiger partial charge in [-0.15, -0.1) is 0 Å². The van der Waals surface area contributed by atoms with Gasteiger partial charge in [-0.3, -0.25) is 0 Å². The lowest BCUT2D eigenvalue weighted by atomic mass is 10.3. The summed E-state index contributed by atoms with van der Waals surface area (Å²) in [6, 6.07) is 7.53. The van der Waals surface area contributed by atoms with E-state index in [0.717, 1.165) is 10.2 Å². The summed E-state index contributed by atoms with van der Waals surface area (Å²) in [5.41, 5.74) is 5.41. The van der Waals surface area contributed by atoms with E-state index in [2.05, 4.69) is 15.9 Å². The van der Waals surface area contributed by atoms with Gasteiger partial charge in [0, 0.05) is 4.47 Å². The smallest absolute Gasteiger partial charge is 0.145 e. The van der Waals surface area contributed by atoms with Crippen LogP contribution in [-0.4, -0.2) is 11.1 Å². The first-order chi connectivity index (χ1) is 6.09. The predicted molar refractivity (Wildman–Crippen MR) is 61.0 cm³/mol. The van der Waals surface area contributed by atoms with Gasteiger partial charge in [-0.25, -0.2) is 0 Å². The molecule has 1 unspecified atom stereocenters. The number of halogens is 1. The molecule has 0 aliphatic rings. The highest BCUT2D eigenvalue weighted by atomic mass is 79.9. The van der Waals surface area contributed by atoms with E-state index in [1.165, 1.54) is 0 Å². The van der Waals surface area contributed by atoms with Crippen LogP contribution in [0.3, 0.4) is 0 Å². The van der Waals surface area contributed by atoms with E-state index in [1.807, 2.05) is 31.2 Å². The summed E-state index contributed by atoms with van der Waals surface area (Å²) in [6.45, 7) is 1.82. The summed E-state index contributed by atoms with van der Waals surface area (Å²) < 4.78 is 6.46. The molecule has 0 radical (unpaired) electrons. The second-order valence-corrected chi connectivity index (χ2v) is 4.00. The first-order valence-corrected chi connectivity index (χ1v) is 5.01. The summed E-state index contributed by atoms with van der Waals surface area (Å²) in [6.07, 6.45) is -0.226. The standard InChI is InChI=1S/C9H10BrNOS/c1-6(9(11)13)12-8-4-2-7(10)3-5-8/h2-6H,1H3,(H2,11,13). The summed E-state index contributed by atoms with van der Waals surface area (Å²) in [5.74, 6) is 0.767. The molecule has 4 heteroatoms. The van der Waals surface area contributed by atoms with Crippen LogP contribution in [0, 0.1) is 0 Å². The lowest BCUT2D eigenvalue weighted by molar-refractivity contribution is 0.288. The Balaban J connectivity index is 2.64. The van der Waals surface area contributed by atoms with Crippen molar-refractivity contribution in [2.75, 3.05) is 0 Å². The topological polar surface area (TPSA) is 35.2 Å². The van der Waals surface area contributed by atoms with Crippen LogP contribution in [0.15, 0.2) is 28.7 Å². The summed E-state index contributed by atoms with van der Waals surface area (Å²) in [4.78, 5) is 0.364. The molecule has 0 bridgehead atoms. The van der Waals surface area contributed by atoms with Crippen molar-refractivity contribution in [1.29, 1.82) is 0 Å². The van der Waals surface area contributed by atoms with Crippen LogP contribution in [0.2, 0.25) is 0 Å². The molecule has 1 aromatic rings. The first-order valence-electron chi connectivity index (χ1n) is 3.81. The monoisotopic (exact) mass is 259 g/mol. The molecule has 1 aromatic carbocycles. The average Bonchev–Trinajstić information content (AvgIpc) is 2.08. The number of benzene rings is 1. The van der Waals surface area contributed by atoms with Crippen LogP contribution in [0.5, 0.6) is 5.75 Å². The van der Waals surface area contributed by atoms with Gasteiger partial charge in [-0.1, -0.05) is 28.1 Å². The molecule has 0 aliphatic heterocycles. The lowest BCUT2D eigenvalue weighted by Gasteiger charge is -2.12. The Morgan fingerprint density at radius 1 is 1.46 bits per heavy atom. The molecule has 13 heavy (non-hydrogen) atoms. The maximum absolute atomic E-state index is 5.44. The molecule has 0 fully saturated rings. The zero-order valence-corrected chi connectivity index (χ0v) is 9.56. The largest absolute Gasteiger partial charge is 0.484 e. The van der Waals surface area contributed by atoms with Crippen molar-refractivity contribution >= 4 is 33.1 Å². The minimum absolute atomic E-state index is 0.226. The van der Waals surface area contributed by atoms with E-state index < -0.39 is 0 Å². The number of rotatable bonds is 3. The first kappa shape index (κ1) is 10.5. The van der Waals surface area contributed by atoms with Crippen molar-refractivity contribution in [3.63, 3.8) is 0 Å². The molecule has 1 atom stereocenters. The predicted octanol–water partition coefficient (Wildman–Crippen LogP) is 2.50. The fourth-order valence-electron chi connectivity index (χ4n) is 0.775. The maximum Gasteiger partial charge on any atom is 0.145 e. The summed E-state index contributed by atoms with van der Waals surface area (Å²) in [7, 11) is 0. The second kappa shape index (κ2) is 4.58. The van der Waals surface area contributed by atoms with Crippen LogP contribution in [0.1, 0.15) is 6.92 Å². The van der Waals surface area contributed by atoms with Crippen LogP contribution in [0.4, 0.5) is 0 Å². The summed E-state index contributed by atoms with van der Waals surface area (Å²) >= 11 is 8.12. The van der Waals surface area contributed by atoms with Gasteiger partial charge in [0.15, 0.2) is 0 Å². The minimum Gasteiger partial charge on any atom is -0.484 e. The molecule has 2 nitrogen and oxygen atoms in total. The fraction of sp³-hybridized carbons (Fsp3) is 0.222.